The highest BCUT2D eigenvalue weighted by Crippen LogP contribution is 2.27. The van der Waals surface area contributed by atoms with E-state index in [1.807, 2.05) is 13.2 Å². The molecule has 1 fully saturated rings. The fourth-order valence-electron chi connectivity index (χ4n) is 1.49. The van der Waals surface area contributed by atoms with Crippen LogP contribution in [0.2, 0.25) is 0 Å². The quantitative estimate of drug-likeness (QED) is 0.766. The first kappa shape index (κ1) is 8.41. The highest BCUT2D eigenvalue weighted by molar-refractivity contribution is 5.52. The summed E-state index contributed by atoms with van der Waals surface area (Å²) >= 11 is 0. The molecule has 0 aromatic carbocycles. The second-order valence-corrected chi connectivity index (χ2v) is 3.50. The van der Waals surface area contributed by atoms with Crippen LogP contribution in [0.4, 0.5) is 5.69 Å². The van der Waals surface area contributed by atoms with Crippen molar-refractivity contribution in [2.45, 2.75) is 25.3 Å². The van der Waals surface area contributed by atoms with E-state index in [1.165, 1.54) is 19.3 Å². The topological polar surface area (TPSA) is 39.1 Å². The minimum atomic E-state index is 0.623. The lowest BCUT2D eigenvalue weighted by molar-refractivity contribution is 0.390. The van der Waals surface area contributed by atoms with Gasteiger partial charge in [-0.15, -0.1) is 5.10 Å². The van der Waals surface area contributed by atoms with Gasteiger partial charge in [-0.05, 0) is 19.3 Å². The van der Waals surface area contributed by atoms with Gasteiger partial charge in [-0.2, -0.15) is 0 Å². The first-order valence-corrected chi connectivity index (χ1v) is 4.64. The Bertz CT molecular complexity index is 291. The van der Waals surface area contributed by atoms with Crippen molar-refractivity contribution in [1.29, 1.82) is 0 Å². The fourth-order valence-corrected chi connectivity index (χ4v) is 1.49. The third-order valence-corrected chi connectivity index (χ3v) is 2.45. The van der Waals surface area contributed by atoms with Crippen LogP contribution >= 0.6 is 0 Å². The lowest BCUT2D eigenvalue weighted by Crippen LogP contribution is -2.26. The summed E-state index contributed by atoms with van der Waals surface area (Å²) in [7, 11) is 3.54. The molecule has 2 rings (SSSR count). The first-order chi connectivity index (χ1) is 6.29. The van der Waals surface area contributed by atoms with Crippen molar-refractivity contribution < 1.29 is 4.74 Å². The van der Waals surface area contributed by atoms with Crippen molar-refractivity contribution in [3.63, 3.8) is 0 Å². The predicted octanol–water partition coefficient (Wildman–Crippen LogP) is 1.39. The van der Waals surface area contributed by atoms with Crippen LogP contribution in [-0.4, -0.2) is 22.9 Å². The Balaban J connectivity index is 2.08. The van der Waals surface area contributed by atoms with Crippen LogP contribution in [0, 0.1) is 0 Å². The number of nitrogens with one attached hydrogen (secondary N) is 1. The molecule has 0 aliphatic heterocycles. The number of hydrogen-bond acceptors (Lipinski definition) is 3. The smallest absolute Gasteiger partial charge is 0.256 e. The molecule has 0 radical (unpaired) electrons. The first-order valence-electron chi connectivity index (χ1n) is 4.64. The number of hydrogen-bond donors (Lipinski definition) is 1. The van der Waals surface area contributed by atoms with Gasteiger partial charge in [0, 0.05) is 13.1 Å². The molecule has 1 aromatic rings. The van der Waals surface area contributed by atoms with Gasteiger partial charge in [-0.25, -0.2) is 0 Å². The average Bonchev–Trinajstić information content (AvgIpc) is 2.38. The van der Waals surface area contributed by atoms with Gasteiger partial charge in [0.15, 0.2) is 0 Å². The summed E-state index contributed by atoms with van der Waals surface area (Å²) in [6.45, 7) is 0. The van der Waals surface area contributed by atoms with Gasteiger partial charge >= 0.3 is 0 Å². The molecular formula is C9H15N3O. The zero-order valence-corrected chi connectivity index (χ0v) is 8.08. The molecule has 1 aromatic heterocycles. The van der Waals surface area contributed by atoms with E-state index in [4.69, 9.17) is 4.74 Å². The number of anilines is 1. The van der Waals surface area contributed by atoms with Crippen molar-refractivity contribution in [2.24, 2.45) is 7.05 Å². The van der Waals surface area contributed by atoms with Crippen LogP contribution in [-0.2, 0) is 7.05 Å². The molecule has 1 saturated carbocycles. The number of aryl methyl sites for hydroxylation is 1. The molecule has 0 bridgehead atoms. The Morgan fingerprint density at radius 2 is 2.38 bits per heavy atom. The zero-order valence-electron chi connectivity index (χ0n) is 8.08. The summed E-state index contributed by atoms with van der Waals surface area (Å²) < 4.78 is 6.90. The van der Waals surface area contributed by atoms with Crippen molar-refractivity contribution in [3.8, 4) is 5.88 Å². The summed E-state index contributed by atoms with van der Waals surface area (Å²) in [5.74, 6) is 0.689. The molecule has 1 N–H and O–H groups in total. The lowest BCUT2D eigenvalue weighted by Gasteiger charge is -2.26. The SMILES string of the molecule is COc1nn(C)cc1NC1CCC1. The summed E-state index contributed by atoms with van der Waals surface area (Å²) in [6, 6.07) is 0.623. The minimum Gasteiger partial charge on any atom is -0.478 e. The number of methoxy groups -OCH3 is 1. The van der Waals surface area contributed by atoms with Gasteiger partial charge in [0.2, 0.25) is 0 Å². The Labute approximate surface area is 77.9 Å². The Morgan fingerprint density at radius 3 is 2.92 bits per heavy atom. The number of ether oxygens (including phenoxy) is 1. The molecule has 1 aliphatic rings. The maximum Gasteiger partial charge on any atom is 0.256 e. The molecule has 0 spiro atoms. The summed E-state index contributed by atoms with van der Waals surface area (Å²) in [6.07, 6.45) is 5.81. The van der Waals surface area contributed by atoms with Crippen LogP contribution in [0.5, 0.6) is 5.88 Å². The van der Waals surface area contributed by atoms with Crippen molar-refractivity contribution in [3.05, 3.63) is 6.20 Å². The van der Waals surface area contributed by atoms with E-state index < -0.39 is 0 Å². The molecule has 1 heterocycles. The highest BCUT2D eigenvalue weighted by atomic mass is 16.5. The third-order valence-electron chi connectivity index (χ3n) is 2.45. The maximum absolute atomic E-state index is 5.14. The number of rotatable bonds is 3. The second kappa shape index (κ2) is 3.28. The van der Waals surface area contributed by atoms with E-state index >= 15 is 0 Å². The molecule has 72 valence electrons. The van der Waals surface area contributed by atoms with Crippen LogP contribution < -0.4 is 10.1 Å². The van der Waals surface area contributed by atoms with Crippen LogP contribution in [0.15, 0.2) is 6.20 Å². The monoisotopic (exact) mass is 181 g/mol. The van der Waals surface area contributed by atoms with Gasteiger partial charge in [0.1, 0.15) is 5.69 Å². The van der Waals surface area contributed by atoms with Crippen molar-refractivity contribution in [1.82, 2.24) is 9.78 Å². The van der Waals surface area contributed by atoms with Gasteiger partial charge in [0.05, 0.1) is 13.3 Å². The van der Waals surface area contributed by atoms with Gasteiger partial charge in [-0.1, -0.05) is 0 Å². The van der Waals surface area contributed by atoms with E-state index in [-0.39, 0.29) is 0 Å². The molecule has 13 heavy (non-hydrogen) atoms. The summed E-state index contributed by atoms with van der Waals surface area (Å²) in [4.78, 5) is 0. The fraction of sp³-hybridized carbons (Fsp3) is 0.667. The standard InChI is InChI=1S/C9H15N3O/c1-12-6-8(9(11-12)13-2)10-7-4-3-5-7/h6-7,10H,3-5H2,1-2H3. The second-order valence-electron chi connectivity index (χ2n) is 3.50. The maximum atomic E-state index is 5.14. The molecule has 0 saturated heterocycles. The molecule has 1 aliphatic carbocycles. The zero-order chi connectivity index (χ0) is 9.26. The van der Waals surface area contributed by atoms with E-state index in [2.05, 4.69) is 10.4 Å². The highest BCUT2D eigenvalue weighted by Gasteiger charge is 2.19. The van der Waals surface area contributed by atoms with Crippen molar-refractivity contribution >= 4 is 5.69 Å². The molecule has 0 atom stereocenters. The average molecular weight is 181 g/mol. The van der Waals surface area contributed by atoms with E-state index in [0.717, 1.165) is 5.69 Å². The Hall–Kier alpha value is -1.19. The van der Waals surface area contributed by atoms with E-state index in [9.17, 15) is 0 Å². The minimum absolute atomic E-state index is 0.623. The van der Waals surface area contributed by atoms with Gasteiger partial charge in [-0.3, -0.25) is 4.68 Å². The Kier molecular flexibility index (Phi) is 2.12. The molecule has 4 heteroatoms. The van der Waals surface area contributed by atoms with E-state index in [1.54, 1.807) is 11.8 Å². The molecular weight excluding hydrogens is 166 g/mol. The summed E-state index contributed by atoms with van der Waals surface area (Å²) in [5.41, 5.74) is 1.01. The van der Waals surface area contributed by atoms with Crippen molar-refractivity contribution in [2.75, 3.05) is 12.4 Å². The van der Waals surface area contributed by atoms with Crippen LogP contribution in [0.3, 0.4) is 0 Å². The Morgan fingerprint density at radius 1 is 1.62 bits per heavy atom. The van der Waals surface area contributed by atoms with Crippen LogP contribution in [0.1, 0.15) is 19.3 Å². The molecule has 0 amide bonds. The number of nitrogens with zero attached hydrogens (tertiary/aromatic N) is 2. The molecule has 0 unspecified atom stereocenters. The molecule has 4 nitrogen and oxygen atoms in total. The van der Waals surface area contributed by atoms with E-state index in [0.29, 0.717) is 11.9 Å². The lowest BCUT2D eigenvalue weighted by atomic mass is 9.93. The largest absolute Gasteiger partial charge is 0.478 e. The number of aromatic nitrogens is 2. The normalized spacial score (nSPS) is 16.8. The van der Waals surface area contributed by atoms with Crippen LogP contribution in [0.25, 0.3) is 0 Å². The predicted molar refractivity (Wildman–Crippen MR) is 51.0 cm³/mol. The third kappa shape index (κ3) is 1.61. The summed E-state index contributed by atoms with van der Waals surface area (Å²) in [5, 5.41) is 7.58. The van der Waals surface area contributed by atoms with Gasteiger partial charge < -0.3 is 10.1 Å². The van der Waals surface area contributed by atoms with Gasteiger partial charge in [0.25, 0.3) is 5.88 Å².